The summed E-state index contributed by atoms with van der Waals surface area (Å²) in [5.74, 6) is 0.275. The average molecular weight is 226 g/mol. The molecule has 94 valence electrons. The Bertz CT molecular complexity index is 222. The van der Waals surface area contributed by atoms with Crippen molar-refractivity contribution in [2.75, 3.05) is 6.54 Å². The van der Waals surface area contributed by atoms with E-state index in [9.17, 15) is 4.79 Å². The molecule has 1 amide bonds. The molecule has 3 heteroatoms. The quantitative estimate of drug-likeness (QED) is 0.729. The molecule has 3 nitrogen and oxygen atoms in total. The number of amides is 1. The van der Waals surface area contributed by atoms with Gasteiger partial charge in [0, 0.05) is 11.5 Å². The first-order chi connectivity index (χ1) is 7.64. The molecule has 1 saturated carbocycles. The minimum Gasteiger partial charge on any atom is -0.353 e. The van der Waals surface area contributed by atoms with Gasteiger partial charge in [-0.25, -0.2) is 0 Å². The molecule has 0 aromatic heterocycles. The average Bonchev–Trinajstić information content (AvgIpc) is 2.76. The molecule has 0 aromatic rings. The van der Waals surface area contributed by atoms with Gasteiger partial charge < -0.3 is 11.1 Å². The molecule has 0 heterocycles. The van der Waals surface area contributed by atoms with Crippen LogP contribution in [-0.4, -0.2) is 18.5 Å². The van der Waals surface area contributed by atoms with Crippen molar-refractivity contribution >= 4 is 5.91 Å². The van der Waals surface area contributed by atoms with E-state index in [1.807, 2.05) is 0 Å². The van der Waals surface area contributed by atoms with Crippen molar-refractivity contribution in [2.24, 2.45) is 11.1 Å². The highest BCUT2D eigenvalue weighted by atomic mass is 16.2. The van der Waals surface area contributed by atoms with Gasteiger partial charge in [-0.1, -0.05) is 19.8 Å². The van der Waals surface area contributed by atoms with Gasteiger partial charge in [0.1, 0.15) is 0 Å². The summed E-state index contributed by atoms with van der Waals surface area (Å²) in [6.07, 6.45) is 7.50. The van der Waals surface area contributed by atoms with Crippen LogP contribution in [-0.2, 0) is 4.79 Å². The summed E-state index contributed by atoms with van der Waals surface area (Å²) in [5, 5.41) is 3.15. The van der Waals surface area contributed by atoms with Crippen LogP contribution in [0.15, 0.2) is 0 Å². The number of nitrogens with two attached hydrogens (primary N) is 1. The van der Waals surface area contributed by atoms with Crippen LogP contribution in [0.5, 0.6) is 0 Å². The van der Waals surface area contributed by atoms with Gasteiger partial charge in [-0.2, -0.15) is 0 Å². The molecule has 0 aliphatic heterocycles. The monoisotopic (exact) mass is 226 g/mol. The first kappa shape index (κ1) is 13.5. The number of carbonyl (C=O) groups excluding carboxylic acids is 1. The molecule has 0 aromatic carbocycles. The molecule has 1 fully saturated rings. The Kier molecular flexibility index (Phi) is 5.26. The summed E-state index contributed by atoms with van der Waals surface area (Å²) in [7, 11) is 0. The van der Waals surface area contributed by atoms with Crippen LogP contribution in [0.25, 0.3) is 0 Å². The third-order valence-electron chi connectivity index (χ3n) is 3.94. The third kappa shape index (κ3) is 3.21. The Morgan fingerprint density at radius 3 is 2.56 bits per heavy atom. The summed E-state index contributed by atoms with van der Waals surface area (Å²) in [6.45, 7) is 4.92. The van der Waals surface area contributed by atoms with Gasteiger partial charge in [-0.05, 0) is 45.6 Å². The summed E-state index contributed by atoms with van der Waals surface area (Å²) < 4.78 is 0. The smallest absolute Gasteiger partial charge is 0.226 e. The SMILES string of the molecule is CCC1(C(=O)NC(C)CCCN)CCCC1. The minimum atomic E-state index is -0.0586. The molecule has 0 spiro atoms. The van der Waals surface area contributed by atoms with E-state index in [1.165, 1.54) is 12.8 Å². The van der Waals surface area contributed by atoms with E-state index in [4.69, 9.17) is 5.73 Å². The van der Waals surface area contributed by atoms with E-state index in [0.717, 1.165) is 32.1 Å². The molecule has 3 N–H and O–H groups in total. The van der Waals surface area contributed by atoms with E-state index >= 15 is 0 Å². The standard InChI is InChI=1S/C13H26N2O/c1-3-13(8-4-5-9-13)12(16)15-11(2)7-6-10-14/h11H,3-10,14H2,1-2H3,(H,15,16). The Balaban J connectivity index is 2.43. The minimum absolute atomic E-state index is 0.0586. The predicted octanol–water partition coefficient (Wildman–Crippen LogP) is 2.20. The summed E-state index contributed by atoms with van der Waals surface area (Å²) >= 11 is 0. The maximum absolute atomic E-state index is 12.2. The number of carbonyl (C=O) groups is 1. The molecule has 0 saturated heterocycles. The highest BCUT2D eigenvalue weighted by Gasteiger charge is 2.39. The van der Waals surface area contributed by atoms with Crippen LogP contribution in [0.3, 0.4) is 0 Å². The largest absolute Gasteiger partial charge is 0.353 e. The third-order valence-corrected chi connectivity index (χ3v) is 3.94. The van der Waals surface area contributed by atoms with E-state index < -0.39 is 0 Å². The second-order valence-electron chi connectivity index (χ2n) is 5.15. The predicted molar refractivity (Wildman–Crippen MR) is 67.1 cm³/mol. The van der Waals surface area contributed by atoms with Crippen LogP contribution in [0.1, 0.15) is 58.8 Å². The van der Waals surface area contributed by atoms with Crippen molar-refractivity contribution in [3.05, 3.63) is 0 Å². The van der Waals surface area contributed by atoms with Crippen LogP contribution in [0, 0.1) is 5.41 Å². The molecule has 1 rings (SSSR count). The lowest BCUT2D eigenvalue weighted by Crippen LogP contribution is -2.43. The first-order valence-corrected chi connectivity index (χ1v) is 6.65. The molecular weight excluding hydrogens is 200 g/mol. The zero-order chi connectivity index (χ0) is 12.0. The van der Waals surface area contributed by atoms with Crippen LogP contribution in [0.2, 0.25) is 0 Å². The number of hydrogen-bond acceptors (Lipinski definition) is 2. The van der Waals surface area contributed by atoms with Crippen molar-refractivity contribution in [1.29, 1.82) is 0 Å². The zero-order valence-corrected chi connectivity index (χ0v) is 10.7. The maximum Gasteiger partial charge on any atom is 0.226 e. The van der Waals surface area contributed by atoms with Crippen molar-refractivity contribution in [3.63, 3.8) is 0 Å². The van der Waals surface area contributed by atoms with Gasteiger partial charge in [-0.15, -0.1) is 0 Å². The maximum atomic E-state index is 12.2. The number of hydrogen-bond donors (Lipinski definition) is 2. The molecule has 1 aliphatic carbocycles. The molecular formula is C13H26N2O. The zero-order valence-electron chi connectivity index (χ0n) is 10.7. The Morgan fingerprint density at radius 1 is 1.44 bits per heavy atom. The molecule has 1 aliphatic rings. The summed E-state index contributed by atoms with van der Waals surface area (Å²) in [5.41, 5.74) is 5.41. The normalized spacial score (nSPS) is 20.7. The lowest BCUT2D eigenvalue weighted by molar-refractivity contribution is -0.131. The van der Waals surface area contributed by atoms with Crippen LogP contribution < -0.4 is 11.1 Å². The van der Waals surface area contributed by atoms with Gasteiger partial charge in [-0.3, -0.25) is 4.79 Å². The van der Waals surface area contributed by atoms with Crippen molar-refractivity contribution in [1.82, 2.24) is 5.32 Å². The second kappa shape index (κ2) is 6.24. The molecule has 0 bridgehead atoms. The molecule has 1 unspecified atom stereocenters. The molecule has 16 heavy (non-hydrogen) atoms. The highest BCUT2D eigenvalue weighted by Crippen LogP contribution is 2.41. The molecule has 1 atom stereocenters. The Hall–Kier alpha value is -0.570. The second-order valence-corrected chi connectivity index (χ2v) is 5.15. The van der Waals surface area contributed by atoms with Gasteiger partial charge in [0.2, 0.25) is 5.91 Å². The fraction of sp³-hybridized carbons (Fsp3) is 0.923. The van der Waals surface area contributed by atoms with Crippen LogP contribution >= 0.6 is 0 Å². The van der Waals surface area contributed by atoms with Crippen molar-refractivity contribution < 1.29 is 4.79 Å². The fourth-order valence-corrected chi connectivity index (χ4v) is 2.67. The van der Waals surface area contributed by atoms with E-state index in [1.54, 1.807) is 0 Å². The van der Waals surface area contributed by atoms with E-state index in [2.05, 4.69) is 19.2 Å². The summed E-state index contributed by atoms with van der Waals surface area (Å²) in [6, 6.07) is 0.264. The topological polar surface area (TPSA) is 55.1 Å². The first-order valence-electron chi connectivity index (χ1n) is 6.65. The van der Waals surface area contributed by atoms with Gasteiger partial charge in [0.25, 0.3) is 0 Å². The Labute approximate surface area is 99.2 Å². The number of nitrogens with one attached hydrogen (secondary N) is 1. The fourth-order valence-electron chi connectivity index (χ4n) is 2.67. The van der Waals surface area contributed by atoms with Crippen LogP contribution in [0.4, 0.5) is 0 Å². The highest BCUT2D eigenvalue weighted by molar-refractivity contribution is 5.83. The Morgan fingerprint density at radius 2 is 2.06 bits per heavy atom. The summed E-state index contributed by atoms with van der Waals surface area (Å²) in [4.78, 5) is 12.2. The van der Waals surface area contributed by atoms with Gasteiger partial charge >= 0.3 is 0 Å². The lowest BCUT2D eigenvalue weighted by Gasteiger charge is -2.28. The van der Waals surface area contributed by atoms with Crippen molar-refractivity contribution in [2.45, 2.75) is 64.8 Å². The van der Waals surface area contributed by atoms with Crippen molar-refractivity contribution in [3.8, 4) is 0 Å². The van der Waals surface area contributed by atoms with E-state index in [0.29, 0.717) is 6.54 Å². The number of rotatable bonds is 6. The van der Waals surface area contributed by atoms with Gasteiger partial charge in [0.05, 0.1) is 0 Å². The lowest BCUT2D eigenvalue weighted by atomic mass is 9.82. The van der Waals surface area contributed by atoms with E-state index in [-0.39, 0.29) is 17.4 Å². The van der Waals surface area contributed by atoms with Gasteiger partial charge in [0.15, 0.2) is 0 Å². The molecule has 0 radical (unpaired) electrons.